The molecule has 0 bridgehead atoms. The molecule has 0 fully saturated rings. The van der Waals surface area contributed by atoms with Gasteiger partial charge in [-0.3, -0.25) is 14.4 Å². The van der Waals surface area contributed by atoms with Gasteiger partial charge < -0.3 is 35.8 Å². The first-order valence-electron chi connectivity index (χ1n) is 12.5. The number of rotatable bonds is 11. The minimum absolute atomic E-state index is 0.266. The smallest absolute Gasteiger partial charge is 0.408 e. The maximum atomic E-state index is 13.9. The van der Waals surface area contributed by atoms with Crippen molar-refractivity contribution in [2.24, 2.45) is 5.73 Å². The highest BCUT2D eigenvalue weighted by molar-refractivity contribution is 6.00. The van der Waals surface area contributed by atoms with Crippen LogP contribution in [0.1, 0.15) is 49.9 Å². The summed E-state index contributed by atoms with van der Waals surface area (Å²) in [5, 5.41) is 15.1. The van der Waals surface area contributed by atoms with Crippen molar-refractivity contribution in [1.82, 2.24) is 10.2 Å². The van der Waals surface area contributed by atoms with E-state index in [0.717, 1.165) is 16.0 Å². The zero-order chi connectivity index (χ0) is 29.3. The van der Waals surface area contributed by atoms with Gasteiger partial charge in [0.1, 0.15) is 23.4 Å². The number of anilines is 1. The van der Waals surface area contributed by atoms with Crippen molar-refractivity contribution in [3.8, 4) is 5.75 Å². The van der Waals surface area contributed by atoms with E-state index in [1.807, 2.05) is 19.9 Å². The van der Waals surface area contributed by atoms with Crippen LogP contribution in [0.3, 0.4) is 0 Å². The number of primary amides is 1. The quantitative estimate of drug-likeness (QED) is 0.339. The Morgan fingerprint density at radius 3 is 2.23 bits per heavy atom. The first kappa shape index (κ1) is 31.1. The van der Waals surface area contributed by atoms with Gasteiger partial charge in [-0.25, -0.2) is 4.79 Å². The predicted octanol–water partition coefficient (Wildman–Crippen LogP) is 2.58. The number of hydrogen-bond donors (Lipinski definition) is 4. The van der Waals surface area contributed by atoms with E-state index in [0.29, 0.717) is 17.0 Å². The number of alkyl carbamates (subject to hydrolysis) is 1. The highest BCUT2D eigenvalue weighted by atomic mass is 16.6. The second-order valence-electron chi connectivity index (χ2n) is 10.0. The van der Waals surface area contributed by atoms with Crippen LogP contribution in [0.15, 0.2) is 42.5 Å². The molecule has 2 rings (SSSR count). The van der Waals surface area contributed by atoms with E-state index in [2.05, 4.69) is 10.6 Å². The topological polar surface area (TPSA) is 160 Å². The molecule has 0 heterocycles. The number of benzene rings is 2. The van der Waals surface area contributed by atoms with Crippen molar-refractivity contribution in [3.63, 3.8) is 0 Å². The van der Waals surface area contributed by atoms with Crippen molar-refractivity contribution >= 4 is 29.5 Å². The summed E-state index contributed by atoms with van der Waals surface area (Å²) in [6.07, 6.45) is -1.48. The zero-order valence-corrected chi connectivity index (χ0v) is 23.2. The molecule has 0 aliphatic carbocycles. The number of ether oxygens (including phenoxy) is 2. The van der Waals surface area contributed by atoms with Gasteiger partial charge in [0.15, 0.2) is 0 Å². The summed E-state index contributed by atoms with van der Waals surface area (Å²) in [6.45, 7) is 7.88. The van der Waals surface area contributed by atoms with Crippen LogP contribution in [0.25, 0.3) is 0 Å². The van der Waals surface area contributed by atoms with Crippen LogP contribution in [-0.2, 0) is 19.1 Å². The highest BCUT2D eigenvalue weighted by Crippen LogP contribution is 2.29. The number of methoxy groups -OCH3 is 1. The Labute approximate surface area is 228 Å². The monoisotopic (exact) mass is 542 g/mol. The lowest BCUT2D eigenvalue weighted by molar-refractivity contribution is -0.142. The van der Waals surface area contributed by atoms with Gasteiger partial charge in [0.05, 0.1) is 20.1 Å². The van der Waals surface area contributed by atoms with Crippen molar-refractivity contribution in [3.05, 3.63) is 59.2 Å². The number of aryl methyl sites for hydroxylation is 1. The fourth-order valence-corrected chi connectivity index (χ4v) is 3.93. The Morgan fingerprint density at radius 1 is 1.05 bits per heavy atom. The van der Waals surface area contributed by atoms with E-state index in [9.17, 15) is 24.3 Å². The van der Waals surface area contributed by atoms with Crippen LogP contribution < -0.4 is 21.1 Å². The van der Waals surface area contributed by atoms with Gasteiger partial charge in [0.25, 0.3) is 5.91 Å². The molecular formula is C28H38N4O7. The van der Waals surface area contributed by atoms with Gasteiger partial charge >= 0.3 is 6.09 Å². The normalized spacial score (nSPS) is 12.6. The third-order valence-electron chi connectivity index (χ3n) is 5.88. The van der Waals surface area contributed by atoms with Crippen LogP contribution in [0.5, 0.6) is 5.75 Å². The van der Waals surface area contributed by atoms with Gasteiger partial charge in [-0.2, -0.15) is 0 Å². The first-order valence-corrected chi connectivity index (χ1v) is 12.5. The standard InChI is InChI=1S/C28H38N4O7/c1-17-8-7-9-21(18(17)2)24(25(35)30-19-10-12-20(38-6)13-11-19)32(14-15-33)26(36)22(16-23(29)34)31-27(37)39-28(3,4)5/h7-13,22,24,33H,14-16H2,1-6H3,(H2,29,34)(H,30,35)(H,31,37). The molecule has 2 unspecified atom stereocenters. The third-order valence-corrected chi connectivity index (χ3v) is 5.88. The number of nitrogens with two attached hydrogens (primary N) is 1. The molecule has 2 aromatic carbocycles. The molecule has 0 radical (unpaired) electrons. The molecule has 39 heavy (non-hydrogen) atoms. The number of carbonyl (C=O) groups excluding carboxylic acids is 4. The number of carbonyl (C=O) groups is 4. The molecule has 212 valence electrons. The second kappa shape index (κ2) is 13.6. The second-order valence-corrected chi connectivity index (χ2v) is 10.0. The lowest BCUT2D eigenvalue weighted by atomic mass is 9.94. The minimum atomic E-state index is -1.44. The molecular weight excluding hydrogens is 504 g/mol. The summed E-state index contributed by atoms with van der Waals surface area (Å²) in [5.74, 6) is -1.60. The maximum absolute atomic E-state index is 13.9. The molecule has 0 spiro atoms. The average molecular weight is 543 g/mol. The fourth-order valence-electron chi connectivity index (χ4n) is 3.93. The van der Waals surface area contributed by atoms with Crippen LogP contribution in [0.4, 0.5) is 10.5 Å². The van der Waals surface area contributed by atoms with E-state index in [-0.39, 0.29) is 6.54 Å². The molecule has 0 aliphatic rings. The largest absolute Gasteiger partial charge is 0.497 e. The lowest BCUT2D eigenvalue weighted by Crippen LogP contribution is -2.54. The number of nitrogens with one attached hydrogen (secondary N) is 2. The van der Waals surface area contributed by atoms with E-state index in [1.165, 1.54) is 7.11 Å². The highest BCUT2D eigenvalue weighted by Gasteiger charge is 2.37. The molecule has 0 aliphatic heterocycles. The van der Waals surface area contributed by atoms with Crippen molar-refractivity contribution in [2.45, 2.75) is 58.7 Å². The van der Waals surface area contributed by atoms with E-state index < -0.39 is 54.5 Å². The summed E-state index contributed by atoms with van der Waals surface area (Å²) in [4.78, 5) is 53.1. The summed E-state index contributed by atoms with van der Waals surface area (Å²) in [6, 6.07) is 9.32. The summed E-state index contributed by atoms with van der Waals surface area (Å²) in [7, 11) is 1.52. The third kappa shape index (κ3) is 8.99. The SMILES string of the molecule is COc1ccc(NC(=O)C(c2cccc(C)c2C)N(CCO)C(=O)C(CC(N)=O)NC(=O)OC(C)(C)C)cc1. The molecule has 4 amide bonds. The average Bonchev–Trinajstić information content (AvgIpc) is 2.84. The zero-order valence-electron chi connectivity index (χ0n) is 23.2. The minimum Gasteiger partial charge on any atom is -0.497 e. The Morgan fingerprint density at radius 2 is 1.69 bits per heavy atom. The van der Waals surface area contributed by atoms with Gasteiger partial charge in [0.2, 0.25) is 11.8 Å². The summed E-state index contributed by atoms with van der Waals surface area (Å²) < 4.78 is 10.4. The van der Waals surface area contributed by atoms with Crippen molar-refractivity contribution < 1.29 is 33.8 Å². The van der Waals surface area contributed by atoms with Crippen LogP contribution in [0, 0.1) is 13.8 Å². The fraction of sp³-hybridized carbons (Fsp3) is 0.429. The predicted molar refractivity (Wildman–Crippen MR) is 146 cm³/mol. The molecule has 2 aromatic rings. The first-order chi connectivity index (χ1) is 18.3. The van der Waals surface area contributed by atoms with Gasteiger partial charge in [-0.15, -0.1) is 0 Å². The number of nitrogens with zero attached hydrogens (tertiary/aromatic N) is 1. The van der Waals surface area contributed by atoms with Crippen LogP contribution in [0.2, 0.25) is 0 Å². The molecule has 5 N–H and O–H groups in total. The Bertz CT molecular complexity index is 1180. The van der Waals surface area contributed by atoms with Crippen LogP contribution in [-0.4, -0.2) is 65.7 Å². The van der Waals surface area contributed by atoms with Gasteiger partial charge in [0, 0.05) is 12.2 Å². The van der Waals surface area contributed by atoms with Crippen molar-refractivity contribution in [2.75, 3.05) is 25.6 Å². The molecule has 0 aromatic heterocycles. The molecule has 0 saturated carbocycles. The Kier molecular flexibility index (Phi) is 10.9. The van der Waals surface area contributed by atoms with Crippen molar-refractivity contribution in [1.29, 1.82) is 0 Å². The Balaban J connectivity index is 2.55. The van der Waals surface area contributed by atoms with E-state index >= 15 is 0 Å². The summed E-state index contributed by atoms with van der Waals surface area (Å²) >= 11 is 0. The molecule has 11 nitrogen and oxygen atoms in total. The van der Waals surface area contributed by atoms with Gasteiger partial charge in [-0.05, 0) is 75.6 Å². The molecule has 2 atom stereocenters. The maximum Gasteiger partial charge on any atom is 0.408 e. The van der Waals surface area contributed by atoms with Crippen LogP contribution >= 0.6 is 0 Å². The number of aliphatic hydroxyl groups is 1. The molecule has 0 saturated heterocycles. The Hall–Kier alpha value is -4.12. The van der Waals surface area contributed by atoms with E-state index in [1.54, 1.807) is 57.2 Å². The number of aliphatic hydroxyl groups excluding tert-OH is 1. The number of amides is 4. The molecule has 11 heteroatoms. The van der Waals surface area contributed by atoms with E-state index in [4.69, 9.17) is 15.2 Å². The van der Waals surface area contributed by atoms with Gasteiger partial charge in [-0.1, -0.05) is 18.2 Å². The lowest BCUT2D eigenvalue weighted by Gasteiger charge is -2.34. The summed E-state index contributed by atoms with van der Waals surface area (Å²) in [5.41, 5.74) is 7.12. The number of hydrogen-bond acceptors (Lipinski definition) is 7.